The second-order valence-corrected chi connectivity index (χ2v) is 8.38. The van der Waals surface area contributed by atoms with Gasteiger partial charge in [-0.3, -0.25) is 0 Å². The van der Waals surface area contributed by atoms with Crippen LogP contribution in [-0.4, -0.2) is 0 Å². The molecule has 0 atom stereocenters. The van der Waals surface area contributed by atoms with Crippen LogP contribution in [0.25, 0.3) is 11.1 Å². The number of nitrogens with zero attached hydrogens (tertiary/aromatic N) is 1. The maximum Gasteiger partial charge on any atom is 0.0543 e. The zero-order valence-corrected chi connectivity index (χ0v) is 17.2. The number of anilines is 3. The van der Waals surface area contributed by atoms with Crippen molar-refractivity contribution in [2.24, 2.45) is 0 Å². The van der Waals surface area contributed by atoms with E-state index in [9.17, 15) is 0 Å². The van der Waals surface area contributed by atoms with Gasteiger partial charge in [-0.15, -0.1) is 0 Å². The maximum atomic E-state index is 2.39. The van der Waals surface area contributed by atoms with Crippen LogP contribution in [-0.2, 0) is 5.41 Å². The highest BCUT2D eigenvalue weighted by Gasteiger charge is 2.37. The lowest BCUT2D eigenvalue weighted by atomic mass is 9.82. The summed E-state index contributed by atoms with van der Waals surface area (Å²) >= 11 is 0. The highest BCUT2D eigenvalue weighted by molar-refractivity contribution is 5.94. The predicted molar refractivity (Wildman–Crippen MR) is 123 cm³/mol. The molecule has 0 N–H and O–H groups in total. The SMILES string of the molecule is Cc1ccc(N(c2ccccc2)c2cccc3c2-c2ccccc2C3(C)C)cc1. The third-order valence-corrected chi connectivity index (χ3v) is 6.13. The van der Waals surface area contributed by atoms with Crippen molar-refractivity contribution in [3.8, 4) is 11.1 Å². The predicted octanol–water partition coefficient (Wildman–Crippen LogP) is 7.77. The van der Waals surface area contributed by atoms with E-state index < -0.39 is 0 Å². The van der Waals surface area contributed by atoms with E-state index >= 15 is 0 Å². The number of hydrogen-bond acceptors (Lipinski definition) is 1. The van der Waals surface area contributed by atoms with Gasteiger partial charge in [-0.25, -0.2) is 0 Å². The first-order chi connectivity index (χ1) is 14.1. The van der Waals surface area contributed by atoms with Gasteiger partial charge in [-0.05, 0) is 53.9 Å². The molecule has 4 aromatic rings. The molecule has 0 aromatic heterocycles. The van der Waals surface area contributed by atoms with Crippen LogP contribution in [0.3, 0.4) is 0 Å². The van der Waals surface area contributed by atoms with Gasteiger partial charge in [0.2, 0.25) is 0 Å². The van der Waals surface area contributed by atoms with Crippen LogP contribution in [0.4, 0.5) is 17.1 Å². The topological polar surface area (TPSA) is 3.24 Å². The van der Waals surface area contributed by atoms with Gasteiger partial charge in [-0.1, -0.05) is 86.1 Å². The van der Waals surface area contributed by atoms with E-state index in [1.807, 2.05) is 0 Å². The third-order valence-electron chi connectivity index (χ3n) is 6.13. The van der Waals surface area contributed by atoms with E-state index in [-0.39, 0.29) is 5.41 Å². The molecule has 4 aromatic carbocycles. The van der Waals surface area contributed by atoms with Gasteiger partial charge in [0.15, 0.2) is 0 Å². The molecular weight excluding hydrogens is 350 g/mol. The lowest BCUT2D eigenvalue weighted by Crippen LogP contribution is -2.16. The van der Waals surface area contributed by atoms with Crippen molar-refractivity contribution >= 4 is 17.1 Å². The summed E-state index contributed by atoms with van der Waals surface area (Å²) < 4.78 is 0. The monoisotopic (exact) mass is 375 g/mol. The molecule has 0 radical (unpaired) electrons. The molecule has 1 nitrogen and oxygen atoms in total. The third kappa shape index (κ3) is 2.77. The van der Waals surface area contributed by atoms with Crippen LogP contribution in [0.1, 0.15) is 30.5 Å². The lowest BCUT2D eigenvalue weighted by Gasteiger charge is -2.28. The molecule has 5 rings (SSSR count). The Morgan fingerprint density at radius 2 is 1.21 bits per heavy atom. The standard InChI is InChI=1S/C28H25N/c1-20-16-18-22(19-17-20)29(21-10-5-4-6-11-21)26-15-9-14-25-27(26)23-12-7-8-13-24(23)28(25,2)3/h4-19H,1-3H3. The molecule has 0 amide bonds. The smallest absolute Gasteiger partial charge is 0.0543 e. The summed E-state index contributed by atoms with van der Waals surface area (Å²) in [5.41, 5.74) is 10.3. The van der Waals surface area contributed by atoms with Crippen molar-refractivity contribution in [2.75, 3.05) is 4.90 Å². The summed E-state index contributed by atoms with van der Waals surface area (Å²) in [7, 11) is 0. The second kappa shape index (κ2) is 6.63. The maximum absolute atomic E-state index is 2.39. The number of hydrogen-bond donors (Lipinski definition) is 0. The van der Waals surface area contributed by atoms with E-state index in [0.29, 0.717) is 0 Å². The first-order valence-corrected chi connectivity index (χ1v) is 10.2. The summed E-state index contributed by atoms with van der Waals surface area (Å²) in [6.45, 7) is 6.80. The summed E-state index contributed by atoms with van der Waals surface area (Å²) in [6.07, 6.45) is 0. The van der Waals surface area contributed by atoms with Crippen molar-refractivity contribution in [1.82, 2.24) is 0 Å². The van der Waals surface area contributed by atoms with Crippen LogP contribution < -0.4 is 4.90 Å². The van der Waals surface area contributed by atoms with Gasteiger partial charge in [0.1, 0.15) is 0 Å². The minimum Gasteiger partial charge on any atom is -0.310 e. The molecule has 0 saturated carbocycles. The number of aryl methyl sites for hydroxylation is 1. The highest BCUT2D eigenvalue weighted by Crippen LogP contribution is 2.53. The van der Waals surface area contributed by atoms with Crippen LogP contribution >= 0.6 is 0 Å². The van der Waals surface area contributed by atoms with Crippen molar-refractivity contribution in [2.45, 2.75) is 26.2 Å². The molecule has 0 spiro atoms. The van der Waals surface area contributed by atoms with Gasteiger partial charge in [0.05, 0.1) is 5.69 Å². The van der Waals surface area contributed by atoms with Crippen LogP contribution in [0, 0.1) is 6.92 Å². The molecule has 0 aliphatic heterocycles. The van der Waals surface area contributed by atoms with E-state index in [1.54, 1.807) is 0 Å². The molecule has 0 heterocycles. The molecule has 29 heavy (non-hydrogen) atoms. The summed E-state index contributed by atoms with van der Waals surface area (Å²) in [6, 6.07) is 35.1. The Kier molecular flexibility index (Phi) is 4.06. The Morgan fingerprint density at radius 3 is 1.97 bits per heavy atom. The molecule has 1 aliphatic rings. The number of benzene rings is 4. The Hall–Kier alpha value is -3.32. The number of para-hydroxylation sites is 1. The van der Waals surface area contributed by atoms with Crippen LogP contribution in [0.5, 0.6) is 0 Å². The quantitative estimate of drug-likeness (QED) is 0.353. The number of fused-ring (bicyclic) bond motifs is 3. The van der Waals surface area contributed by atoms with Crippen molar-refractivity contribution in [3.63, 3.8) is 0 Å². The second-order valence-electron chi connectivity index (χ2n) is 8.38. The largest absolute Gasteiger partial charge is 0.310 e. The van der Waals surface area contributed by atoms with E-state index in [0.717, 1.165) is 0 Å². The van der Waals surface area contributed by atoms with Gasteiger partial charge in [0.25, 0.3) is 0 Å². The van der Waals surface area contributed by atoms with Gasteiger partial charge in [0, 0.05) is 22.4 Å². The first-order valence-electron chi connectivity index (χ1n) is 10.2. The van der Waals surface area contributed by atoms with E-state index in [1.165, 1.54) is 44.9 Å². The summed E-state index contributed by atoms with van der Waals surface area (Å²) in [5, 5.41) is 0. The minimum absolute atomic E-state index is 0.00241. The Morgan fingerprint density at radius 1 is 0.586 bits per heavy atom. The normalized spacial score (nSPS) is 13.6. The molecular formula is C28H25N. The number of rotatable bonds is 3. The Bertz CT molecular complexity index is 1170. The van der Waals surface area contributed by atoms with E-state index in [4.69, 9.17) is 0 Å². The highest BCUT2D eigenvalue weighted by atomic mass is 15.1. The Labute approximate surface area is 173 Å². The Balaban J connectivity index is 1.81. The average molecular weight is 376 g/mol. The minimum atomic E-state index is -0.00241. The average Bonchev–Trinajstić information content (AvgIpc) is 2.99. The first kappa shape index (κ1) is 17.8. The van der Waals surface area contributed by atoms with Gasteiger partial charge in [-0.2, -0.15) is 0 Å². The fourth-order valence-electron chi connectivity index (χ4n) is 4.62. The van der Waals surface area contributed by atoms with Crippen molar-refractivity contribution in [3.05, 3.63) is 114 Å². The summed E-state index contributed by atoms with van der Waals surface area (Å²) in [5.74, 6) is 0. The van der Waals surface area contributed by atoms with E-state index in [2.05, 4.69) is 123 Å². The summed E-state index contributed by atoms with van der Waals surface area (Å²) in [4.78, 5) is 2.39. The molecule has 1 heteroatoms. The zero-order valence-electron chi connectivity index (χ0n) is 17.2. The molecule has 0 saturated heterocycles. The fraction of sp³-hybridized carbons (Fsp3) is 0.143. The molecule has 0 fully saturated rings. The van der Waals surface area contributed by atoms with Gasteiger partial charge < -0.3 is 4.90 Å². The molecule has 1 aliphatic carbocycles. The molecule has 142 valence electrons. The molecule has 0 unspecified atom stereocenters. The van der Waals surface area contributed by atoms with Gasteiger partial charge >= 0.3 is 0 Å². The molecule has 0 bridgehead atoms. The van der Waals surface area contributed by atoms with Crippen molar-refractivity contribution in [1.29, 1.82) is 0 Å². The zero-order chi connectivity index (χ0) is 20.0. The van der Waals surface area contributed by atoms with Crippen molar-refractivity contribution < 1.29 is 0 Å². The van der Waals surface area contributed by atoms with Crippen LogP contribution in [0.2, 0.25) is 0 Å². The lowest BCUT2D eigenvalue weighted by molar-refractivity contribution is 0.660. The van der Waals surface area contributed by atoms with Crippen LogP contribution in [0.15, 0.2) is 97.1 Å². The fourth-order valence-corrected chi connectivity index (χ4v) is 4.62.